The van der Waals surface area contributed by atoms with Crippen molar-refractivity contribution in [2.45, 2.75) is 52.1 Å². The van der Waals surface area contributed by atoms with Gasteiger partial charge in [0.2, 0.25) is 0 Å². The average Bonchev–Trinajstić information content (AvgIpc) is 2.91. The Morgan fingerprint density at radius 1 is 1.30 bits per heavy atom. The van der Waals surface area contributed by atoms with Crippen LogP contribution in [0.2, 0.25) is 0 Å². The molecule has 2 rings (SSSR count). The minimum atomic E-state index is 0.0170. The highest BCUT2D eigenvalue weighted by Gasteiger charge is 2.14. The number of carbonyl (C=O) groups excluding carboxylic acids is 1. The fourth-order valence-electron chi connectivity index (χ4n) is 2.74. The van der Waals surface area contributed by atoms with E-state index in [-0.39, 0.29) is 5.91 Å². The third-order valence-corrected chi connectivity index (χ3v) is 3.89. The molecule has 1 aliphatic rings. The van der Waals surface area contributed by atoms with Gasteiger partial charge in [0.05, 0.1) is 6.10 Å². The van der Waals surface area contributed by atoms with Crippen molar-refractivity contribution in [3.8, 4) is 0 Å². The predicted molar refractivity (Wildman–Crippen MR) is 81.1 cm³/mol. The number of benzene rings is 1. The average molecular weight is 275 g/mol. The van der Waals surface area contributed by atoms with Gasteiger partial charge >= 0.3 is 0 Å². The van der Waals surface area contributed by atoms with Crippen molar-refractivity contribution in [2.75, 3.05) is 13.2 Å². The van der Waals surface area contributed by atoms with E-state index < -0.39 is 0 Å². The largest absolute Gasteiger partial charge is 0.378 e. The molecule has 0 atom stereocenters. The number of hydrogen-bond donors (Lipinski definition) is 1. The summed E-state index contributed by atoms with van der Waals surface area (Å²) in [4.78, 5) is 12.0. The van der Waals surface area contributed by atoms with Crippen molar-refractivity contribution in [1.29, 1.82) is 0 Å². The van der Waals surface area contributed by atoms with Crippen LogP contribution in [0.25, 0.3) is 0 Å². The van der Waals surface area contributed by atoms with Crippen LogP contribution >= 0.6 is 0 Å². The quantitative estimate of drug-likeness (QED) is 0.808. The fourth-order valence-corrected chi connectivity index (χ4v) is 2.74. The first kappa shape index (κ1) is 15.0. The highest BCUT2D eigenvalue weighted by molar-refractivity contribution is 5.95. The van der Waals surface area contributed by atoms with Crippen LogP contribution in [0.4, 0.5) is 0 Å². The number of ether oxygens (including phenoxy) is 1. The lowest BCUT2D eigenvalue weighted by molar-refractivity contribution is 0.0565. The molecule has 0 heterocycles. The number of nitrogens with one attached hydrogen (secondary N) is 1. The van der Waals surface area contributed by atoms with Crippen molar-refractivity contribution in [2.24, 2.45) is 0 Å². The smallest absolute Gasteiger partial charge is 0.251 e. The number of hydrogen-bond acceptors (Lipinski definition) is 2. The van der Waals surface area contributed by atoms with Crippen molar-refractivity contribution in [3.05, 3.63) is 34.9 Å². The van der Waals surface area contributed by atoms with E-state index in [0.717, 1.165) is 24.2 Å². The van der Waals surface area contributed by atoms with E-state index in [9.17, 15) is 4.79 Å². The van der Waals surface area contributed by atoms with E-state index in [1.54, 1.807) is 0 Å². The van der Waals surface area contributed by atoms with Gasteiger partial charge in [0.1, 0.15) is 0 Å². The summed E-state index contributed by atoms with van der Waals surface area (Å²) in [5.41, 5.74) is 2.99. The highest BCUT2D eigenvalue weighted by Crippen LogP contribution is 2.20. The molecule has 1 fully saturated rings. The van der Waals surface area contributed by atoms with Crippen molar-refractivity contribution < 1.29 is 9.53 Å². The number of carbonyl (C=O) groups is 1. The van der Waals surface area contributed by atoms with Gasteiger partial charge < -0.3 is 10.1 Å². The van der Waals surface area contributed by atoms with Gasteiger partial charge in [-0.1, -0.05) is 30.5 Å². The zero-order valence-electron chi connectivity index (χ0n) is 12.6. The standard InChI is InChI=1S/C17H25NO2/c1-13-8-9-16(14(2)12-13)17(19)18-10-5-11-20-15-6-3-4-7-15/h8-9,12,15H,3-7,10-11H2,1-2H3,(H,18,19). The molecule has 1 amide bonds. The van der Waals surface area contributed by atoms with Gasteiger partial charge in [-0.05, 0) is 44.7 Å². The van der Waals surface area contributed by atoms with Crippen LogP contribution in [0, 0.1) is 13.8 Å². The Bertz CT molecular complexity index is 450. The van der Waals surface area contributed by atoms with E-state index in [4.69, 9.17) is 4.74 Å². The Hall–Kier alpha value is -1.35. The summed E-state index contributed by atoms with van der Waals surface area (Å²) in [6.07, 6.45) is 6.35. The van der Waals surface area contributed by atoms with E-state index >= 15 is 0 Å². The van der Waals surface area contributed by atoms with E-state index in [2.05, 4.69) is 5.32 Å². The second kappa shape index (κ2) is 7.44. The second-order valence-corrected chi connectivity index (χ2v) is 5.71. The molecular weight excluding hydrogens is 250 g/mol. The van der Waals surface area contributed by atoms with Crippen LogP contribution in [0.5, 0.6) is 0 Å². The first-order valence-electron chi connectivity index (χ1n) is 7.64. The van der Waals surface area contributed by atoms with Crippen LogP contribution in [-0.4, -0.2) is 25.2 Å². The minimum absolute atomic E-state index is 0.0170. The zero-order valence-corrected chi connectivity index (χ0v) is 12.6. The predicted octanol–water partition coefficient (Wildman–Crippen LogP) is 3.38. The van der Waals surface area contributed by atoms with Gasteiger partial charge in [0, 0.05) is 18.7 Å². The molecule has 1 aromatic rings. The number of aryl methyl sites for hydroxylation is 2. The molecule has 0 saturated heterocycles. The molecule has 3 nitrogen and oxygen atoms in total. The second-order valence-electron chi connectivity index (χ2n) is 5.71. The van der Waals surface area contributed by atoms with Crippen LogP contribution in [0.1, 0.15) is 53.6 Å². The molecule has 110 valence electrons. The SMILES string of the molecule is Cc1ccc(C(=O)NCCCOC2CCCC2)c(C)c1. The summed E-state index contributed by atoms with van der Waals surface area (Å²) >= 11 is 0. The Balaban J connectivity index is 1.66. The molecule has 0 aliphatic heterocycles. The zero-order chi connectivity index (χ0) is 14.4. The van der Waals surface area contributed by atoms with Crippen LogP contribution in [0.15, 0.2) is 18.2 Å². The lowest BCUT2D eigenvalue weighted by atomic mass is 10.1. The van der Waals surface area contributed by atoms with Crippen molar-refractivity contribution in [3.63, 3.8) is 0 Å². The maximum atomic E-state index is 12.0. The monoisotopic (exact) mass is 275 g/mol. The molecule has 1 N–H and O–H groups in total. The Kier molecular flexibility index (Phi) is 5.60. The molecule has 1 aromatic carbocycles. The molecule has 3 heteroatoms. The summed E-state index contributed by atoms with van der Waals surface area (Å²) in [6, 6.07) is 5.91. The lowest BCUT2D eigenvalue weighted by Gasteiger charge is -2.11. The summed E-state index contributed by atoms with van der Waals surface area (Å²) in [5, 5.41) is 2.97. The molecule has 20 heavy (non-hydrogen) atoms. The first-order valence-corrected chi connectivity index (χ1v) is 7.64. The van der Waals surface area contributed by atoms with Crippen LogP contribution < -0.4 is 5.32 Å². The number of amides is 1. The highest BCUT2D eigenvalue weighted by atomic mass is 16.5. The van der Waals surface area contributed by atoms with Gasteiger partial charge in [-0.3, -0.25) is 4.79 Å². The van der Waals surface area contributed by atoms with E-state index in [1.165, 1.54) is 31.2 Å². The molecule has 1 saturated carbocycles. The summed E-state index contributed by atoms with van der Waals surface area (Å²) in [7, 11) is 0. The maximum Gasteiger partial charge on any atom is 0.251 e. The minimum Gasteiger partial charge on any atom is -0.378 e. The Labute approximate surface area is 121 Å². The molecule has 1 aliphatic carbocycles. The van der Waals surface area contributed by atoms with Gasteiger partial charge in [0.15, 0.2) is 0 Å². The summed E-state index contributed by atoms with van der Waals surface area (Å²) in [6.45, 7) is 5.44. The first-order chi connectivity index (χ1) is 9.66. The van der Waals surface area contributed by atoms with Gasteiger partial charge in [-0.15, -0.1) is 0 Å². The molecule has 0 aromatic heterocycles. The third kappa shape index (κ3) is 4.34. The molecule has 0 bridgehead atoms. The van der Waals surface area contributed by atoms with E-state index in [0.29, 0.717) is 12.6 Å². The Morgan fingerprint density at radius 2 is 2.05 bits per heavy atom. The van der Waals surface area contributed by atoms with Crippen LogP contribution in [-0.2, 0) is 4.74 Å². The van der Waals surface area contributed by atoms with Crippen molar-refractivity contribution >= 4 is 5.91 Å². The van der Waals surface area contributed by atoms with Crippen LogP contribution in [0.3, 0.4) is 0 Å². The third-order valence-electron chi connectivity index (χ3n) is 3.89. The fraction of sp³-hybridized carbons (Fsp3) is 0.588. The van der Waals surface area contributed by atoms with E-state index in [1.807, 2.05) is 32.0 Å². The number of rotatable bonds is 6. The maximum absolute atomic E-state index is 12.0. The van der Waals surface area contributed by atoms with Gasteiger partial charge in [-0.2, -0.15) is 0 Å². The van der Waals surface area contributed by atoms with Crippen molar-refractivity contribution in [1.82, 2.24) is 5.32 Å². The Morgan fingerprint density at radius 3 is 2.75 bits per heavy atom. The molecular formula is C17H25NO2. The van der Waals surface area contributed by atoms with Gasteiger partial charge in [-0.25, -0.2) is 0 Å². The molecule has 0 spiro atoms. The normalized spacial score (nSPS) is 15.5. The summed E-state index contributed by atoms with van der Waals surface area (Å²) < 4.78 is 5.78. The topological polar surface area (TPSA) is 38.3 Å². The lowest BCUT2D eigenvalue weighted by Crippen LogP contribution is -2.26. The molecule has 0 radical (unpaired) electrons. The van der Waals surface area contributed by atoms with Gasteiger partial charge in [0.25, 0.3) is 5.91 Å². The molecule has 0 unspecified atom stereocenters. The summed E-state index contributed by atoms with van der Waals surface area (Å²) in [5.74, 6) is 0.0170.